The van der Waals surface area contributed by atoms with E-state index in [-0.39, 0.29) is 6.10 Å². The van der Waals surface area contributed by atoms with Crippen LogP contribution in [0.25, 0.3) is 0 Å². The summed E-state index contributed by atoms with van der Waals surface area (Å²) in [6.45, 7) is 1.46. The summed E-state index contributed by atoms with van der Waals surface area (Å²) < 4.78 is 10.8. The summed E-state index contributed by atoms with van der Waals surface area (Å²) in [7, 11) is 1.56. The summed E-state index contributed by atoms with van der Waals surface area (Å²) >= 11 is 0. The van der Waals surface area contributed by atoms with Gasteiger partial charge < -0.3 is 14.4 Å². The average molecular weight is 312 g/mol. The lowest BCUT2D eigenvalue weighted by Gasteiger charge is -2.32. The highest BCUT2D eigenvalue weighted by Crippen LogP contribution is 2.19. The molecule has 1 atom stereocenters. The summed E-state index contributed by atoms with van der Waals surface area (Å²) in [6, 6.07) is 3.94. The van der Waals surface area contributed by atoms with Gasteiger partial charge in [-0.05, 0) is 18.9 Å². The molecule has 0 spiro atoms. The minimum absolute atomic E-state index is 0.0495. The number of nitrogens with zero attached hydrogens (tertiary/aromatic N) is 6. The van der Waals surface area contributed by atoms with Crippen molar-refractivity contribution < 1.29 is 9.47 Å². The third kappa shape index (κ3) is 3.63. The molecule has 1 aliphatic heterocycles. The molecule has 2 aromatic rings. The van der Waals surface area contributed by atoms with Crippen LogP contribution >= 0.6 is 0 Å². The SMILES string of the molecule is COc1cnc(OC2CCCN(c3nccc(C#N)n3)C2)nc1. The van der Waals surface area contributed by atoms with Crippen LogP contribution in [0.15, 0.2) is 24.7 Å². The van der Waals surface area contributed by atoms with E-state index in [2.05, 4.69) is 19.9 Å². The molecule has 3 heterocycles. The molecular formula is C15H16N6O2. The molecule has 0 radical (unpaired) electrons. The topological polar surface area (TPSA) is 97.1 Å². The van der Waals surface area contributed by atoms with Gasteiger partial charge in [0, 0.05) is 12.7 Å². The average Bonchev–Trinajstić information content (AvgIpc) is 2.63. The number of ether oxygens (including phenoxy) is 2. The number of methoxy groups -OCH3 is 1. The Morgan fingerprint density at radius 2 is 2.13 bits per heavy atom. The van der Waals surface area contributed by atoms with Crippen molar-refractivity contribution in [2.75, 3.05) is 25.1 Å². The van der Waals surface area contributed by atoms with Crippen LogP contribution in [-0.2, 0) is 0 Å². The van der Waals surface area contributed by atoms with Crippen LogP contribution in [0.5, 0.6) is 11.8 Å². The molecule has 0 N–H and O–H groups in total. The number of hydrogen-bond acceptors (Lipinski definition) is 8. The Kier molecular flexibility index (Phi) is 4.47. The summed E-state index contributed by atoms with van der Waals surface area (Å²) in [5.74, 6) is 1.14. The highest BCUT2D eigenvalue weighted by atomic mass is 16.5. The Bertz CT molecular complexity index is 700. The minimum atomic E-state index is -0.0495. The van der Waals surface area contributed by atoms with Gasteiger partial charge in [-0.3, -0.25) is 0 Å². The molecule has 0 bridgehead atoms. The van der Waals surface area contributed by atoms with E-state index in [0.717, 1.165) is 19.4 Å². The number of aromatic nitrogens is 4. The van der Waals surface area contributed by atoms with Crippen LogP contribution in [0.2, 0.25) is 0 Å². The van der Waals surface area contributed by atoms with Crippen LogP contribution in [0.3, 0.4) is 0 Å². The second-order valence-corrected chi connectivity index (χ2v) is 5.09. The van der Waals surface area contributed by atoms with Gasteiger partial charge in [0.2, 0.25) is 5.95 Å². The Morgan fingerprint density at radius 1 is 1.30 bits per heavy atom. The normalized spacial score (nSPS) is 17.4. The van der Waals surface area contributed by atoms with Crippen molar-refractivity contribution in [3.63, 3.8) is 0 Å². The highest BCUT2D eigenvalue weighted by Gasteiger charge is 2.24. The fourth-order valence-electron chi connectivity index (χ4n) is 2.40. The molecule has 0 amide bonds. The molecule has 8 nitrogen and oxygen atoms in total. The predicted octanol–water partition coefficient (Wildman–Crippen LogP) is 1.19. The first kappa shape index (κ1) is 15.0. The van der Waals surface area contributed by atoms with Crippen molar-refractivity contribution in [3.05, 3.63) is 30.4 Å². The molecule has 118 valence electrons. The molecule has 1 saturated heterocycles. The van der Waals surface area contributed by atoms with Gasteiger partial charge in [-0.2, -0.15) is 15.2 Å². The number of anilines is 1. The molecule has 1 unspecified atom stereocenters. The van der Waals surface area contributed by atoms with E-state index in [9.17, 15) is 0 Å². The lowest BCUT2D eigenvalue weighted by atomic mass is 10.1. The first-order valence-electron chi connectivity index (χ1n) is 7.29. The molecule has 1 fully saturated rings. The maximum Gasteiger partial charge on any atom is 0.316 e. The van der Waals surface area contributed by atoms with E-state index in [0.29, 0.717) is 29.9 Å². The Hall–Kier alpha value is -2.95. The van der Waals surface area contributed by atoms with Crippen molar-refractivity contribution in [3.8, 4) is 17.8 Å². The van der Waals surface area contributed by atoms with Crippen LogP contribution in [0.1, 0.15) is 18.5 Å². The minimum Gasteiger partial charge on any atom is -0.494 e. The molecule has 2 aromatic heterocycles. The van der Waals surface area contributed by atoms with E-state index in [1.54, 1.807) is 31.8 Å². The van der Waals surface area contributed by atoms with E-state index < -0.39 is 0 Å². The third-order valence-corrected chi connectivity index (χ3v) is 3.53. The summed E-state index contributed by atoms with van der Waals surface area (Å²) in [5.41, 5.74) is 0.358. The van der Waals surface area contributed by atoms with Gasteiger partial charge in [0.05, 0.1) is 26.0 Å². The molecule has 8 heteroatoms. The van der Waals surface area contributed by atoms with Gasteiger partial charge >= 0.3 is 6.01 Å². The fraction of sp³-hybridized carbons (Fsp3) is 0.400. The van der Waals surface area contributed by atoms with Crippen molar-refractivity contribution in [1.29, 1.82) is 5.26 Å². The molecule has 0 saturated carbocycles. The quantitative estimate of drug-likeness (QED) is 0.830. The van der Waals surface area contributed by atoms with Gasteiger partial charge in [0.15, 0.2) is 5.75 Å². The van der Waals surface area contributed by atoms with Crippen LogP contribution in [-0.4, -0.2) is 46.2 Å². The summed E-state index contributed by atoms with van der Waals surface area (Å²) in [6.07, 6.45) is 6.54. The van der Waals surface area contributed by atoms with Gasteiger partial charge in [0.25, 0.3) is 0 Å². The molecular weight excluding hydrogens is 296 g/mol. The first-order chi connectivity index (χ1) is 11.3. The first-order valence-corrected chi connectivity index (χ1v) is 7.29. The Balaban J connectivity index is 1.66. The number of rotatable bonds is 4. The molecule has 0 aliphatic carbocycles. The third-order valence-electron chi connectivity index (χ3n) is 3.53. The van der Waals surface area contributed by atoms with Gasteiger partial charge in [-0.15, -0.1) is 0 Å². The van der Waals surface area contributed by atoms with Crippen molar-refractivity contribution >= 4 is 5.95 Å². The number of piperidine rings is 1. The fourth-order valence-corrected chi connectivity index (χ4v) is 2.40. The van der Waals surface area contributed by atoms with E-state index in [4.69, 9.17) is 14.7 Å². The Labute approximate surface area is 133 Å². The smallest absolute Gasteiger partial charge is 0.316 e. The Morgan fingerprint density at radius 3 is 2.87 bits per heavy atom. The van der Waals surface area contributed by atoms with Gasteiger partial charge in [0.1, 0.15) is 17.9 Å². The van der Waals surface area contributed by atoms with Crippen molar-refractivity contribution in [1.82, 2.24) is 19.9 Å². The zero-order chi connectivity index (χ0) is 16.1. The molecule has 0 aromatic carbocycles. The predicted molar refractivity (Wildman–Crippen MR) is 81.2 cm³/mol. The monoisotopic (exact) mass is 312 g/mol. The maximum atomic E-state index is 8.94. The number of nitriles is 1. The standard InChI is InChI=1S/C15H16N6O2/c1-22-13-8-18-15(19-9-13)23-12-3-2-6-21(10-12)14-17-5-4-11(7-16)20-14/h4-5,8-9,12H,2-3,6,10H2,1H3. The maximum absolute atomic E-state index is 8.94. The van der Waals surface area contributed by atoms with Crippen LogP contribution in [0, 0.1) is 11.3 Å². The van der Waals surface area contributed by atoms with Crippen molar-refractivity contribution in [2.24, 2.45) is 0 Å². The molecule has 23 heavy (non-hydrogen) atoms. The van der Waals surface area contributed by atoms with E-state index in [1.807, 2.05) is 11.0 Å². The van der Waals surface area contributed by atoms with E-state index >= 15 is 0 Å². The second-order valence-electron chi connectivity index (χ2n) is 5.09. The van der Waals surface area contributed by atoms with Crippen LogP contribution in [0.4, 0.5) is 5.95 Å². The number of hydrogen-bond donors (Lipinski definition) is 0. The molecule has 3 rings (SSSR count). The van der Waals surface area contributed by atoms with Gasteiger partial charge in [-0.25, -0.2) is 9.97 Å². The lowest BCUT2D eigenvalue weighted by Crippen LogP contribution is -2.42. The largest absolute Gasteiger partial charge is 0.494 e. The summed E-state index contributed by atoms with van der Waals surface area (Å²) in [5, 5.41) is 8.94. The van der Waals surface area contributed by atoms with Crippen LogP contribution < -0.4 is 14.4 Å². The van der Waals surface area contributed by atoms with Crippen molar-refractivity contribution in [2.45, 2.75) is 18.9 Å². The second kappa shape index (κ2) is 6.87. The molecule has 1 aliphatic rings. The highest BCUT2D eigenvalue weighted by molar-refractivity contribution is 5.34. The zero-order valence-electron chi connectivity index (χ0n) is 12.7. The summed E-state index contributed by atoms with van der Waals surface area (Å²) in [4.78, 5) is 18.7. The van der Waals surface area contributed by atoms with Gasteiger partial charge in [-0.1, -0.05) is 0 Å². The van der Waals surface area contributed by atoms with E-state index in [1.165, 1.54) is 0 Å². The lowest BCUT2D eigenvalue weighted by molar-refractivity contribution is 0.163. The zero-order valence-corrected chi connectivity index (χ0v) is 12.7.